The minimum absolute atomic E-state index is 0.0913. The van der Waals surface area contributed by atoms with Gasteiger partial charge in [-0.05, 0) is 18.9 Å². The summed E-state index contributed by atoms with van der Waals surface area (Å²) in [7, 11) is 1.59. The molecule has 0 saturated carbocycles. The van der Waals surface area contributed by atoms with E-state index in [9.17, 15) is 9.59 Å². The number of aromatic nitrogens is 2. The third-order valence-electron chi connectivity index (χ3n) is 3.58. The fourth-order valence-electron chi connectivity index (χ4n) is 2.46. The van der Waals surface area contributed by atoms with E-state index in [4.69, 9.17) is 10.5 Å². The molecule has 116 valence electrons. The van der Waals surface area contributed by atoms with Gasteiger partial charge >= 0.3 is 6.03 Å². The Hall–Kier alpha value is -2.09. The molecule has 0 aliphatic carbocycles. The maximum atomic E-state index is 12.0. The first-order valence-corrected chi connectivity index (χ1v) is 6.98. The van der Waals surface area contributed by atoms with Crippen molar-refractivity contribution < 1.29 is 14.3 Å². The van der Waals surface area contributed by atoms with Crippen LogP contribution in [0.4, 0.5) is 4.79 Å². The predicted molar refractivity (Wildman–Crippen MR) is 75.9 cm³/mol. The van der Waals surface area contributed by atoms with Crippen LogP contribution in [0.1, 0.15) is 34.9 Å². The summed E-state index contributed by atoms with van der Waals surface area (Å²) in [6.45, 7) is 2.31. The number of piperidine rings is 1. The average Bonchev–Trinajstić information content (AvgIpc) is 2.97. The number of ether oxygens (including phenoxy) is 1. The smallest absolute Gasteiger partial charge is 0.317 e. The van der Waals surface area contributed by atoms with Gasteiger partial charge in [0.2, 0.25) is 0 Å². The summed E-state index contributed by atoms with van der Waals surface area (Å²) < 4.78 is 4.90. The third-order valence-corrected chi connectivity index (χ3v) is 3.58. The molecule has 1 saturated heterocycles. The van der Waals surface area contributed by atoms with Gasteiger partial charge < -0.3 is 20.7 Å². The Morgan fingerprint density at radius 3 is 3.10 bits per heavy atom. The number of primary amides is 1. The van der Waals surface area contributed by atoms with Crippen LogP contribution >= 0.6 is 0 Å². The van der Waals surface area contributed by atoms with Gasteiger partial charge in [0.25, 0.3) is 5.91 Å². The number of nitrogens with two attached hydrogens (primary N) is 1. The average molecular weight is 295 g/mol. The van der Waals surface area contributed by atoms with E-state index >= 15 is 0 Å². The fraction of sp³-hybridized carbons (Fsp3) is 0.615. The van der Waals surface area contributed by atoms with Gasteiger partial charge in [-0.1, -0.05) is 0 Å². The second-order valence-electron chi connectivity index (χ2n) is 5.08. The van der Waals surface area contributed by atoms with Gasteiger partial charge in [-0.3, -0.25) is 9.89 Å². The van der Waals surface area contributed by atoms with Crippen molar-refractivity contribution >= 4 is 11.9 Å². The van der Waals surface area contributed by atoms with E-state index in [0.29, 0.717) is 19.7 Å². The van der Waals surface area contributed by atoms with Crippen LogP contribution in [-0.2, 0) is 4.74 Å². The number of aromatic amines is 1. The van der Waals surface area contributed by atoms with E-state index in [1.165, 1.54) is 0 Å². The van der Waals surface area contributed by atoms with Gasteiger partial charge in [-0.2, -0.15) is 5.10 Å². The Bertz CT molecular complexity index is 502. The minimum Gasteiger partial charge on any atom is -0.383 e. The number of hydrogen-bond donors (Lipinski definition) is 3. The number of H-pyrrole nitrogens is 1. The highest BCUT2D eigenvalue weighted by Crippen LogP contribution is 2.25. The first kappa shape index (κ1) is 15.3. The highest BCUT2D eigenvalue weighted by atomic mass is 16.5. The Labute approximate surface area is 123 Å². The van der Waals surface area contributed by atoms with Crippen LogP contribution in [0, 0.1) is 0 Å². The molecule has 2 rings (SSSR count). The lowest BCUT2D eigenvalue weighted by Crippen LogP contribution is -2.45. The zero-order valence-corrected chi connectivity index (χ0v) is 12.1. The summed E-state index contributed by atoms with van der Waals surface area (Å²) in [5.74, 6) is -0.407. The van der Waals surface area contributed by atoms with Crippen molar-refractivity contribution in [2.24, 2.45) is 5.73 Å². The second-order valence-corrected chi connectivity index (χ2v) is 5.08. The molecule has 2 heterocycles. The standard InChI is InChI=1S/C13H21N5O3/c1-21-6-4-15-13(20)18-5-2-3-9(8-18)10-7-11(12(14)19)17-16-10/h7,9H,2-6,8H2,1H3,(H2,14,19)(H,15,20)(H,16,17). The molecule has 0 radical (unpaired) electrons. The molecule has 1 unspecified atom stereocenters. The van der Waals surface area contributed by atoms with E-state index in [0.717, 1.165) is 25.1 Å². The monoisotopic (exact) mass is 295 g/mol. The molecule has 0 aromatic carbocycles. The molecule has 1 aromatic rings. The van der Waals surface area contributed by atoms with Crippen LogP contribution in [-0.4, -0.2) is 60.4 Å². The zero-order chi connectivity index (χ0) is 15.2. The predicted octanol–water partition coefficient (Wildman–Crippen LogP) is 0.0440. The summed E-state index contributed by atoms with van der Waals surface area (Å²) in [5.41, 5.74) is 6.27. The topological polar surface area (TPSA) is 113 Å². The molecule has 8 heteroatoms. The van der Waals surface area contributed by atoms with Crippen molar-refractivity contribution in [3.05, 3.63) is 17.5 Å². The van der Waals surface area contributed by atoms with Crippen LogP contribution in [0.25, 0.3) is 0 Å². The lowest BCUT2D eigenvalue weighted by atomic mass is 9.95. The van der Waals surface area contributed by atoms with Gasteiger partial charge in [0.15, 0.2) is 0 Å². The maximum Gasteiger partial charge on any atom is 0.317 e. The molecule has 1 aliphatic rings. The van der Waals surface area contributed by atoms with Crippen molar-refractivity contribution in [2.45, 2.75) is 18.8 Å². The molecule has 4 N–H and O–H groups in total. The van der Waals surface area contributed by atoms with E-state index in [1.54, 1.807) is 18.1 Å². The number of likely N-dealkylation sites (tertiary alicyclic amines) is 1. The first-order chi connectivity index (χ1) is 10.1. The lowest BCUT2D eigenvalue weighted by molar-refractivity contribution is 0.0995. The summed E-state index contributed by atoms with van der Waals surface area (Å²) in [4.78, 5) is 24.9. The Balaban J connectivity index is 1.93. The van der Waals surface area contributed by atoms with Crippen LogP contribution in [0.5, 0.6) is 0 Å². The van der Waals surface area contributed by atoms with Crippen LogP contribution < -0.4 is 11.1 Å². The Morgan fingerprint density at radius 2 is 2.43 bits per heavy atom. The number of hydrogen-bond acceptors (Lipinski definition) is 4. The maximum absolute atomic E-state index is 12.0. The lowest BCUT2D eigenvalue weighted by Gasteiger charge is -2.32. The van der Waals surface area contributed by atoms with E-state index < -0.39 is 5.91 Å². The molecular formula is C13H21N5O3. The molecule has 21 heavy (non-hydrogen) atoms. The van der Waals surface area contributed by atoms with Crippen LogP contribution in [0.3, 0.4) is 0 Å². The van der Waals surface area contributed by atoms with Crippen molar-refractivity contribution in [1.82, 2.24) is 20.4 Å². The number of carbonyl (C=O) groups excluding carboxylic acids is 2. The van der Waals surface area contributed by atoms with Gasteiger partial charge in [0.1, 0.15) is 5.69 Å². The van der Waals surface area contributed by atoms with Crippen LogP contribution in [0.2, 0.25) is 0 Å². The number of nitrogens with one attached hydrogen (secondary N) is 2. The van der Waals surface area contributed by atoms with Crippen molar-refractivity contribution in [3.8, 4) is 0 Å². The zero-order valence-electron chi connectivity index (χ0n) is 12.1. The quantitative estimate of drug-likeness (QED) is 0.666. The molecule has 0 spiro atoms. The molecule has 0 bridgehead atoms. The highest BCUT2D eigenvalue weighted by Gasteiger charge is 2.26. The minimum atomic E-state index is -0.553. The first-order valence-electron chi connectivity index (χ1n) is 6.98. The van der Waals surface area contributed by atoms with Gasteiger partial charge in [0, 0.05) is 38.4 Å². The van der Waals surface area contributed by atoms with E-state index in [2.05, 4.69) is 15.5 Å². The van der Waals surface area contributed by atoms with Gasteiger partial charge in [-0.15, -0.1) is 0 Å². The molecule has 3 amide bonds. The SMILES string of the molecule is COCCNC(=O)N1CCCC(c2cc(C(N)=O)n[nH]2)C1. The number of nitrogens with zero attached hydrogens (tertiary/aromatic N) is 2. The summed E-state index contributed by atoms with van der Waals surface area (Å²) >= 11 is 0. The molecule has 1 atom stereocenters. The molecular weight excluding hydrogens is 274 g/mol. The highest BCUT2D eigenvalue weighted by molar-refractivity contribution is 5.90. The van der Waals surface area contributed by atoms with Crippen molar-refractivity contribution in [1.29, 1.82) is 0 Å². The number of amides is 3. The van der Waals surface area contributed by atoms with Crippen molar-refractivity contribution in [3.63, 3.8) is 0 Å². The van der Waals surface area contributed by atoms with Crippen molar-refractivity contribution in [2.75, 3.05) is 33.4 Å². The summed E-state index contributed by atoms with van der Waals surface area (Å²) in [6, 6.07) is 1.57. The number of urea groups is 1. The number of carbonyl (C=O) groups is 2. The molecule has 1 aromatic heterocycles. The van der Waals surface area contributed by atoms with Gasteiger partial charge in [-0.25, -0.2) is 4.79 Å². The van der Waals surface area contributed by atoms with Gasteiger partial charge in [0.05, 0.1) is 6.61 Å². The van der Waals surface area contributed by atoms with E-state index in [1.807, 2.05) is 0 Å². The van der Waals surface area contributed by atoms with E-state index in [-0.39, 0.29) is 17.6 Å². The largest absolute Gasteiger partial charge is 0.383 e. The molecule has 1 fully saturated rings. The summed E-state index contributed by atoms with van der Waals surface area (Å²) in [6.07, 6.45) is 1.86. The van der Waals surface area contributed by atoms with Crippen LogP contribution in [0.15, 0.2) is 6.07 Å². The number of rotatable bonds is 5. The second kappa shape index (κ2) is 7.07. The fourth-order valence-corrected chi connectivity index (χ4v) is 2.46. The summed E-state index contributed by atoms with van der Waals surface area (Å²) in [5, 5.41) is 9.54. The molecule has 1 aliphatic heterocycles. The number of methoxy groups -OCH3 is 1. The Morgan fingerprint density at radius 1 is 1.62 bits per heavy atom. The normalized spacial score (nSPS) is 18.5. The Kier molecular flexibility index (Phi) is 5.15. The third kappa shape index (κ3) is 3.94. The molecule has 8 nitrogen and oxygen atoms in total.